The molecule has 0 aliphatic carbocycles. The van der Waals surface area contributed by atoms with Crippen molar-refractivity contribution < 1.29 is 9.53 Å². The van der Waals surface area contributed by atoms with E-state index in [0.717, 1.165) is 0 Å². The molecule has 7 heteroatoms. The van der Waals surface area contributed by atoms with Crippen molar-refractivity contribution in [1.29, 1.82) is 0 Å². The maximum absolute atomic E-state index is 11.9. The van der Waals surface area contributed by atoms with Crippen molar-refractivity contribution in [2.75, 3.05) is 11.1 Å². The number of anilines is 2. The highest BCUT2D eigenvalue weighted by Crippen LogP contribution is 2.12. The standard InChI is InChI=1S/C15H18N4O3/c1-15(2,3)22-14(21)18-10-6-7-12(17-9-10)19-8-4-5-11(16)13(19)20/h4-9H,16H2,1-3H3,(H,18,21). The topological polar surface area (TPSA) is 99.2 Å². The van der Waals surface area contributed by atoms with Crippen LogP contribution in [0.15, 0.2) is 41.5 Å². The minimum atomic E-state index is -0.577. The normalized spacial score (nSPS) is 11.0. The van der Waals surface area contributed by atoms with E-state index in [1.54, 1.807) is 45.2 Å². The zero-order valence-electron chi connectivity index (χ0n) is 12.7. The van der Waals surface area contributed by atoms with Crippen LogP contribution in [0.4, 0.5) is 16.2 Å². The van der Waals surface area contributed by atoms with Crippen molar-refractivity contribution in [1.82, 2.24) is 9.55 Å². The number of rotatable bonds is 2. The smallest absolute Gasteiger partial charge is 0.412 e. The molecule has 0 aromatic carbocycles. The Labute approximate surface area is 127 Å². The highest BCUT2D eigenvalue weighted by Gasteiger charge is 2.16. The molecule has 0 aliphatic heterocycles. The summed E-state index contributed by atoms with van der Waals surface area (Å²) in [6.45, 7) is 5.33. The van der Waals surface area contributed by atoms with Gasteiger partial charge in [0.2, 0.25) is 0 Å². The average molecular weight is 302 g/mol. The third-order valence-electron chi connectivity index (χ3n) is 2.62. The number of pyridine rings is 2. The van der Waals surface area contributed by atoms with Crippen LogP contribution in [-0.4, -0.2) is 21.2 Å². The zero-order chi connectivity index (χ0) is 16.3. The molecular formula is C15H18N4O3. The Morgan fingerprint density at radius 1 is 1.32 bits per heavy atom. The van der Waals surface area contributed by atoms with Crippen LogP contribution in [0, 0.1) is 0 Å². The molecule has 0 spiro atoms. The Kier molecular flexibility index (Phi) is 4.16. The fraction of sp³-hybridized carbons (Fsp3) is 0.267. The lowest BCUT2D eigenvalue weighted by atomic mass is 10.2. The van der Waals surface area contributed by atoms with Gasteiger partial charge in [0, 0.05) is 6.20 Å². The van der Waals surface area contributed by atoms with Crippen LogP contribution < -0.4 is 16.6 Å². The maximum Gasteiger partial charge on any atom is 0.412 e. The van der Waals surface area contributed by atoms with E-state index >= 15 is 0 Å². The number of nitrogens with two attached hydrogens (primary N) is 1. The van der Waals surface area contributed by atoms with Gasteiger partial charge in [0.15, 0.2) is 0 Å². The fourth-order valence-electron chi connectivity index (χ4n) is 1.72. The summed E-state index contributed by atoms with van der Waals surface area (Å²) >= 11 is 0. The Bertz CT molecular complexity index is 730. The van der Waals surface area contributed by atoms with Gasteiger partial charge in [0.25, 0.3) is 5.56 Å². The highest BCUT2D eigenvalue weighted by atomic mass is 16.6. The van der Waals surface area contributed by atoms with Gasteiger partial charge in [0.1, 0.15) is 11.4 Å². The molecule has 22 heavy (non-hydrogen) atoms. The van der Waals surface area contributed by atoms with E-state index in [-0.39, 0.29) is 11.2 Å². The monoisotopic (exact) mass is 302 g/mol. The summed E-state index contributed by atoms with van der Waals surface area (Å²) in [6, 6.07) is 6.41. The molecule has 0 radical (unpaired) electrons. The summed E-state index contributed by atoms with van der Waals surface area (Å²) in [4.78, 5) is 27.7. The molecule has 2 rings (SSSR count). The van der Waals surface area contributed by atoms with E-state index in [1.807, 2.05) is 0 Å². The number of nitrogens with one attached hydrogen (secondary N) is 1. The van der Waals surface area contributed by atoms with E-state index in [9.17, 15) is 9.59 Å². The number of carbonyl (C=O) groups is 1. The Morgan fingerprint density at radius 3 is 2.64 bits per heavy atom. The van der Waals surface area contributed by atoms with Gasteiger partial charge in [-0.3, -0.25) is 14.7 Å². The number of nitrogen functional groups attached to an aromatic ring is 1. The third kappa shape index (κ3) is 3.85. The minimum absolute atomic E-state index is 0.139. The summed E-state index contributed by atoms with van der Waals surface area (Å²) in [5, 5.41) is 2.57. The van der Waals surface area contributed by atoms with Crippen LogP contribution in [0.5, 0.6) is 0 Å². The molecule has 2 heterocycles. The molecule has 1 amide bonds. The molecular weight excluding hydrogens is 284 g/mol. The van der Waals surface area contributed by atoms with Crippen LogP contribution in [-0.2, 0) is 4.74 Å². The number of carbonyl (C=O) groups excluding carboxylic acids is 1. The summed E-state index contributed by atoms with van der Waals surface area (Å²) < 4.78 is 6.47. The van der Waals surface area contributed by atoms with Crippen LogP contribution in [0.1, 0.15) is 20.8 Å². The van der Waals surface area contributed by atoms with Gasteiger partial charge in [-0.2, -0.15) is 0 Å². The molecule has 2 aromatic heterocycles. The third-order valence-corrected chi connectivity index (χ3v) is 2.62. The van der Waals surface area contributed by atoms with Crippen molar-refractivity contribution in [2.24, 2.45) is 0 Å². The van der Waals surface area contributed by atoms with Crippen molar-refractivity contribution in [2.45, 2.75) is 26.4 Å². The molecule has 116 valence electrons. The zero-order valence-corrected chi connectivity index (χ0v) is 12.7. The second-order valence-corrected chi connectivity index (χ2v) is 5.67. The molecule has 0 unspecified atom stereocenters. The molecule has 0 bridgehead atoms. The Morgan fingerprint density at radius 2 is 2.05 bits per heavy atom. The molecule has 0 saturated carbocycles. The molecule has 0 fully saturated rings. The summed E-state index contributed by atoms with van der Waals surface area (Å²) in [5.41, 5.74) is 5.26. The van der Waals surface area contributed by atoms with Gasteiger partial charge >= 0.3 is 6.09 Å². The summed E-state index contributed by atoms with van der Waals surface area (Å²) in [7, 11) is 0. The number of aromatic nitrogens is 2. The molecule has 7 nitrogen and oxygen atoms in total. The number of hydrogen-bond donors (Lipinski definition) is 2. The summed E-state index contributed by atoms with van der Waals surface area (Å²) in [5.74, 6) is 0.409. The first-order chi connectivity index (χ1) is 10.3. The SMILES string of the molecule is CC(C)(C)OC(=O)Nc1ccc(-n2cccc(N)c2=O)nc1. The molecule has 0 aliphatic rings. The number of hydrogen-bond acceptors (Lipinski definition) is 5. The van der Waals surface area contributed by atoms with Crippen LogP contribution >= 0.6 is 0 Å². The fourth-order valence-corrected chi connectivity index (χ4v) is 1.72. The van der Waals surface area contributed by atoms with Crippen molar-refractivity contribution in [3.63, 3.8) is 0 Å². The number of nitrogens with zero attached hydrogens (tertiary/aromatic N) is 2. The quantitative estimate of drug-likeness (QED) is 0.885. The first-order valence-corrected chi connectivity index (χ1v) is 6.70. The summed E-state index contributed by atoms with van der Waals surface area (Å²) in [6.07, 6.45) is 2.44. The van der Waals surface area contributed by atoms with E-state index in [2.05, 4.69) is 10.3 Å². The van der Waals surface area contributed by atoms with Crippen LogP contribution in [0.3, 0.4) is 0 Å². The predicted octanol–water partition coefficient (Wildman–Crippen LogP) is 2.16. The van der Waals surface area contributed by atoms with Gasteiger partial charge in [-0.05, 0) is 45.0 Å². The molecule has 0 saturated heterocycles. The van der Waals surface area contributed by atoms with Crippen molar-refractivity contribution in [3.8, 4) is 5.82 Å². The second kappa shape index (κ2) is 5.88. The minimum Gasteiger partial charge on any atom is -0.444 e. The maximum atomic E-state index is 11.9. The lowest BCUT2D eigenvalue weighted by Gasteiger charge is -2.19. The van der Waals surface area contributed by atoms with Crippen molar-refractivity contribution in [3.05, 3.63) is 47.0 Å². The number of ether oxygens (including phenoxy) is 1. The molecule has 2 aromatic rings. The first kappa shape index (κ1) is 15.6. The average Bonchev–Trinajstić information content (AvgIpc) is 2.41. The van der Waals surface area contributed by atoms with E-state index < -0.39 is 11.7 Å². The van der Waals surface area contributed by atoms with Crippen LogP contribution in [0.2, 0.25) is 0 Å². The number of amides is 1. The van der Waals surface area contributed by atoms with E-state index in [0.29, 0.717) is 11.5 Å². The van der Waals surface area contributed by atoms with Gasteiger partial charge in [-0.1, -0.05) is 0 Å². The second-order valence-electron chi connectivity index (χ2n) is 5.67. The van der Waals surface area contributed by atoms with Crippen molar-refractivity contribution >= 4 is 17.5 Å². The van der Waals surface area contributed by atoms with E-state index in [1.165, 1.54) is 16.8 Å². The van der Waals surface area contributed by atoms with Crippen LogP contribution in [0.25, 0.3) is 5.82 Å². The molecule has 0 atom stereocenters. The lowest BCUT2D eigenvalue weighted by Crippen LogP contribution is -2.27. The lowest BCUT2D eigenvalue weighted by molar-refractivity contribution is 0.0636. The first-order valence-electron chi connectivity index (χ1n) is 6.70. The highest BCUT2D eigenvalue weighted by molar-refractivity contribution is 5.84. The Hall–Kier alpha value is -2.83. The largest absolute Gasteiger partial charge is 0.444 e. The van der Waals surface area contributed by atoms with E-state index in [4.69, 9.17) is 10.5 Å². The van der Waals surface area contributed by atoms with Gasteiger partial charge < -0.3 is 10.5 Å². The molecule has 3 N–H and O–H groups in total. The van der Waals surface area contributed by atoms with Gasteiger partial charge in [-0.15, -0.1) is 0 Å². The van der Waals surface area contributed by atoms with Gasteiger partial charge in [0.05, 0.1) is 17.6 Å². The predicted molar refractivity (Wildman–Crippen MR) is 84.1 cm³/mol. The van der Waals surface area contributed by atoms with Gasteiger partial charge in [-0.25, -0.2) is 9.78 Å². The Balaban J connectivity index is 2.16.